The summed E-state index contributed by atoms with van der Waals surface area (Å²) in [6.45, 7) is -0.296. The second kappa shape index (κ2) is 9.48. The Labute approximate surface area is 152 Å². The Kier molecular flexibility index (Phi) is 7.05. The number of nitrogens with one attached hydrogen (secondary N) is 1. The van der Waals surface area contributed by atoms with Gasteiger partial charge in [0.15, 0.2) is 5.78 Å². The van der Waals surface area contributed by atoms with Gasteiger partial charge in [-0.3, -0.25) is 19.3 Å². The van der Waals surface area contributed by atoms with Crippen LogP contribution in [0.2, 0.25) is 0 Å². The maximum Gasteiger partial charge on any atom is 0.317 e. The molecule has 6 heteroatoms. The summed E-state index contributed by atoms with van der Waals surface area (Å²) in [4.78, 5) is 37.3. The topological polar surface area (TPSA) is 86.7 Å². The minimum absolute atomic E-state index is 0.0567. The van der Waals surface area contributed by atoms with Crippen molar-refractivity contribution in [3.8, 4) is 0 Å². The molecule has 0 fully saturated rings. The highest BCUT2D eigenvalue weighted by Crippen LogP contribution is 2.07. The summed E-state index contributed by atoms with van der Waals surface area (Å²) in [6, 6.07) is 17.3. The van der Waals surface area contributed by atoms with Gasteiger partial charge in [-0.1, -0.05) is 48.5 Å². The highest BCUT2D eigenvalue weighted by Gasteiger charge is 2.23. The van der Waals surface area contributed by atoms with E-state index in [4.69, 9.17) is 5.11 Å². The van der Waals surface area contributed by atoms with Crippen LogP contribution in [-0.2, 0) is 16.0 Å². The molecule has 2 aromatic rings. The summed E-state index contributed by atoms with van der Waals surface area (Å²) in [6.07, 6.45) is 0.346. The number of carboxylic acid groups (broad SMARTS) is 1. The number of nitrogens with zero attached hydrogens (tertiary/aromatic N) is 1. The summed E-state index contributed by atoms with van der Waals surface area (Å²) in [7, 11) is 1.56. The minimum Gasteiger partial charge on any atom is -0.480 e. The van der Waals surface area contributed by atoms with Crippen molar-refractivity contribution in [2.75, 3.05) is 20.1 Å². The SMILES string of the molecule is CN(CC(=O)O)CC(=O)C(Cc1ccccc1)NC(=O)c1ccccc1. The maximum atomic E-state index is 12.7. The van der Waals surface area contributed by atoms with Gasteiger partial charge in [0, 0.05) is 5.56 Å². The van der Waals surface area contributed by atoms with E-state index in [1.807, 2.05) is 36.4 Å². The molecule has 2 N–H and O–H groups in total. The number of aliphatic carboxylic acids is 1. The van der Waals surface area contributed by atoms with Crippen molar-refractivity contribution in [1.29, 1.82) is 0 Å². The molecule has 0 bridgehead atoms. The Balaban J connectivity index is 2.11. The van der Waals surface area contributed by atoms with E-state index in [9.17, 15) is 14.4 Å². The van der Waals surface area contributed by atoms with Crippen molar-refractivity contribution < 1.29 is 19.5 Å². The van der Waals surface area contributed by atoms with Crippen LogP contribution in [0.25, 0.3) is 0 Å². The lowest BCUT2D eigenvalue weighted by atomic mass is 10.0. The van der Waals surface area contributed by atoms with Crippen LogP contribution in [0, 0.1) is 0 Å². The van der Waals surface area contributed by atoms with Crippen molar-refractivity contribution in [3.05, 3.63) is 71.8 Å². The molecule has 0 aliphatic heterocycles. The van der Waals surface area contributed by atoms with E-state index >= 15 is 0 Å². The number of rotatable bonds is 9. The van der Waals surface area contributed by atoms with Crippen LogP contribution in [0.1, 0.15) is 15.9 Å². The molecule has 1 amide bonds. The van der Waals surface area contributed by atoms with Crippen molar-refractivity contribution in [1.82, 2.24) is 10.2 Å². The van der Waals surface area contributed by atoms with Crippen molar-refractivity contribution in [2.24, 2.45) is 0 Å². The predicted molar refractivity (Wildman–Crippen MR) is 98.0 cm³/mol. The lowest BCUT2D eigenvalue weighted by molar-refractivity contribution is -0.138. The third-order valence-electron chi connectivity index (χ3n) is 3.84. The number of Topliss-reactive ketones (excluding diaryl/α,β-unsaturated/α-hetero) is 1. The molecule has 26 heavy (non-hydrogen) atoms. The van der Waals surface area contributed by atoms with Gasteiger partial charge in [0.25, 0.3) is 5.91 Å². The number of hydrogen-bond acceptors (Lipinski definition) is 4. The highest BCUT2D eigenvalue weighted by atomic mass is 16.4. The van der Waals surface area contributed by atoms with Gasteiger partial charge >= 0.3 is 5.97 Å². The third-order valence-corrected chi connectivity index (χ3v) is 3.84. The van der Waals surface area contributed by atoms with E-state index in [0.29, 0.717) is 12.0 Å². The van der Waals surface area contributed by atoms with E-state index in [1.54, 1.807) is 31.3 Å². The van der Waals surface area contributed by atoms with Gasteiger partial charge in [0.05, 0.1) is 19.1 Å². The van der Waals surface area contributed by atoms with Gasteiger partial charge in [-0.25, -0.2) is 0 Å². The van der Waals surface area contributed by atoms with Crippen molar-refractivity contribution in [3.63, 3.8) is 0 Å². The molecule has 0 heterocycles. The van der Waals surface area contributed by atoms with Crippen LogP contribution in [-0.4, -0.2) is 53.8 Å². The van der Waals surface area contributed by atoms with E-state index in [0.717, 1.165) is 5.56 Å². The Hall–Kier alpha value is -2.99. The van der Waals surface area contributed by atoms with Gasteiger partial charge in [-0.05, 0) is 31.2 Å². The van der Waals surface area contributed by atoms with E-state index in [1.165, 1.54) is 4.90 Å². The standard InChI is InChI=1S/C20H22N2O4/c1-22(14-19(24)25)13-18(23)17(12-15-8-4-2-5-9-15)21-20(26)16-10-6-3-7-11-16/h2-11,17H,12-14H2,1H3,(H,21,26)(H,24,25). The van der Waals surface area contributed by atoms with Crippen LogP contribution in [0.3, 0.4) is 0 Å². The quantitative estimate of drug-likeness (QED) is 0.714. The molecule has 2 rings (SSSR count). The summed E-state index contributed by atoms with van der Waals surface area (Å²) < 4.78 is 0. The number of ketones is 1. The molecule has 0 aliphatic carbocycles. The molecule has 0 saturated carbocycles. The van der Waals surface area contributed by atoms with Gasteiger partial charge in [0.1, 0.15) is 0 Å². The van der Waals surface area contributed by atoms with Gasteiger partial charge in [-0.15, -0.1) is 0 Å². The lowest BCUT2D eigenvalue weighted by Crippen LogP contribution is -2.46. The van der Waals surface area contributed by atoms with E-state index in [2.05, 4.69) is 5.32 Å². The molecular formula is C20H22N2O4. The van der Waals surface area contributed by atoms with Gasteiger partial charge in [-0.2, -0.15) is 0 Å². The summed E-state index contributed by atoms with van der Waals surface area (Å²) in [5.74, 6) is -1.57. The molecule has 1 atom stereocenters. The van der Waals surface area contributed by atoms with Crippen LogP contribution in [0.15, 0.2) is 60.7 Å². The maximum absolute atomic E-state index is 12.7. The Morgan fingerprint density at radius 1 is 0.962 bits per heavy atom. The minimum atomic E-state index is -1.01. The fourth-order valence-electron chi connectivity index (χ4n) is 2.59. The lowest BCUT2D eigenvalue weighted by Gasteiger charge is -2.21. The molecule has 0 radical (unpaired) electrons. The normalized spacial score (nSPS) is 11.8. The highest BCUT2D eigenvalue weighted by molar-refractivity contribution is 5.98. The first-order chi connectivity index (χ1) is 12.5. The van der Waals surface area contributed by atoms with Crippen LogP contribution >= 0.6 is 0 Å². The van der Waals surface area contributed by atoms with E-state index < -0.39 is 12.0 Å². The van der Waals surface area contributed by atoms with Crippen molar-refractivity contribution in [2.45, 2.75) is 12.5 Å². The second-order valence-electron chi connectivity index (χ2n) is 6.11. The fourth-order valence-corrected chi connectivity index (χ4v) is 2.59. The number of likely N-dealkylation sites (N-methyl/N-ethyl adjacent to an activating group) is 1. The molecule has 0 aliphatic rings. The first-order valence-electron chi connectivity index (χ1n) is 8.28. The third kappa shape index (κ3) is 6.14. The Morgan fingerprint density at radius 3 is 2.12 bits per heavy atom. The zero-order chi connectivity index (χ0) is 18.9. The zero-order valence-corrected chi connectivity index (χ0v) is 14.6. The first-order valence-corrected chi connectivity index (χ1v) is 8.28. The molecule has 0 aromatic heterocycles. The molecule has 1 unspecified atom stereocenters. The van der Waals surface area contributed by atoms with Crippen LogP contribution in [0.4, 0.5) is 0 Å². The van der Waals surface area contributed by atoms with Gasteiger partial charge < -0.3 is 10.4 Å². The molecule has 2 aromatic carbocycles. The fraction of sp³-hybridized carbons (Fsp3) is 0.250. The average Bonchev–Trinajstić information content (AvgIpc) is 2.62. The van der Waals surface area contributed by atoms with Gasteiger partial charge in [0.2, 0.25) is 0 Å². The molecule has 136 valence electrons. The van der Waals surface area contributed by atoms with Crippen LogP contribution < -0.4 is 5.32 Å². The Morgan fingerprint density at radius 2 is 1.54 bits per heavy atom. The summed E-state index contributed by atoms with van der Waals surface area (Å²) in [5.41, 5.74) is 1.39. The van der Waals surface area contributed by atoms with Crippen molar-refractivity contribution >= 4 is 17.7 Å². The Bertz CT molecular complexity index is 747. The molecule has 6 nitrogen and oxygen atoms in total. The molecule has 0 spiro atoms. The number of carboxylic acids is 1. The number of benzene rings is 2. The zero-order valence-electron chi connectivity index (χ0n) is 14.6. The summed E-state index contributed by atoms with van der Waals surface area (Å²) >= 11 is 0. The monoisotopic (exact) mass is 354 g/mol. The smallest absolute Gasteiger partial charge is 0.317 e. The molecule has 0 saturated heterocycles. The number of amides is 1. The first kappa shape index (κ1) is 19.3. The second-order valence-corrected chi connectivity index (χ2v) is 6.11. The van der Waals surface area contributed by atoms with E-state index in [-0.39, 0.29) is 24.8 Å². The summed E-state index contributed by atoms with van der Waals surface area (Å²) in [5, 5.41) is 11.6. The predicted octanol–water partition coefficient (Wildman–Crippen LogP) is 1.61. The number of hydrogen-bond donors (Lipinski definition) is 2. The molecular weight excluding hydrogens is 332 g/mol. The number of carbonyl (C=O) groups is 3. The average molecular weight is 354 g/mol. The number of carbonyl (C=O) groups excluding carboxylic acids is 2. The van der Waals surface area contributed by atoms with Crippen LogP contribution in [0.5, 0.6) is 0 Å². The largest absolute Gasteiger partial charge is 0.480 e.